The first-order chi connectivity index (χ1) is 10.6. The first-order valence-corrected chi connectivity index (χ1v) is 8.19. The zero-order chi connectivity index (χ0) is 15.6. The molecule has 0 aromatic heterocycles. The molecule has 1 aromatic carbocycles. The smallest absolute Gasteiger partial charge is 0.236 e. The Balaban J connectivity index is 1.65. The van der Waals surface area contributed by atoms with Crippen LogP contribution in [0.15, 0.2) is 30.3 Å². The summed E-state index contributed by atoms with van der Waals surface area (Å²) in [5.74, 6) is 0.677. The van der Waals surface area contributed by atoms with Gasteiger partial charge in [0.25, 0.3) is 0 Å². The molecule has 3 rings (SSSR count). The van der Waals surface area contributed by atoms with E-state index < -0.39 is 0 Å². The highest BCUT2D eigenvalue weighted by Gasteiger charge is 2.41. The van der Waals surface area contributed by atoms with E-state index >= 15 is 0 Å². The summed E-state index contributed by atoms with van der Waals surface area (Å²) in [7, 11) is 0. The predicted molar refractivity (Wildman–Crippen MR) is 86.8 cm³/mol. The second-order valence-corrected chi connectivity index (χ2v) is 7.11. The lowest BCUT2D eigenvalue weighted by Crippen LogP contribution is -2.44. The van der Waals surface area contributed by atoms with E-state index in [-0.39, 0.29) is 11.3 Å². The molecule has 2 fully saturated rings. The van der Waals surface area contributed by atoms with Crippen LogP contribution in [0.1, 0.15) is 25.3 Å². The van der Waals surface area contributed by atoms with Crippen molar-refractivity contribution < 1.29 is 9.53 Å². The highest BCUT2D eigenvalue weighted by molar-refractivity contribution is 5.79. The van der Waals surface area contributed by atoms with Crippen LogP contribution in [0.3, 0.4) is 0 Å². The number of hydrogen-bond donors (Lipinski definition) is 0. The van der Waals surface area contributed by atoms with Crippen molar-refractivity contribution in [1.82, 2.24) is 9.80 Å². The number of ether oxygens (including phenoxy) is 1. The summed E-state index contributed by atoms with van der Waals surface area (Å²) in [4.78, 5) is 16.9. The summed E-state index contributed by atoms with van der Waals surface area (Å²) < 4.78 is 5.35. The Morgan fingerprint density at radius 1 is 1.23 bits per heavy atom. The van der Waals surface area contributed by atoms with Gasteiger partial charge in [-0.15, -0.1) is 0 Å². The number of carbonyl (C=O) groups excluding carboxylic acids is 1. The average Bonchev–Trinajstić information content (AvgIpc) is 2.85. The van der Waals surface area contributed by atoms with Crippen molar-refractivity contribution in [2.45, 2.75) is 19.8 Å². The molecule has 0 unspecified atom stereocenters. The number of rotatable bonds is 3. The van der Waals surface area contributed by atoms with Crippen molar-refractivity contribution in [1.29, 1.82) is 0 Å². The maximum Gasteiger partial charge on any atom is 0.236 e. The summed E-state index contributed by atoms with van der Waals surface area (Å²) in [6, 6.07) is 10.6. The zero-order valence-electron chi connectivity index (χ0n) is 13.6. The molecule has 2 saturated heterocycles. The van der Waals surface area contributed by atoms with Crippen molar-refractivity contribution in [2.24, 2.45) is 5.41 Å². The number of nitrogens with zero attached hydrogens (tertiary/aromatic N) is 2. The molecule has 22 heavy (non-hydrogen) atoms. The first-order valence-electron chi connectivity index (χ1n) is 8.19. The van der Waals surface area contributed by atoms with E-state index in [9.17, 15) is 4.79 Å². The molecule has 0 N–H and O–H groups in total. The molecule has 0 saturated carbocycles. The van der Waals surface area contributed by atoms with Crippen LogP contribution >= 0.6 is 0 Å². The zero-order valence-corrected chi connectivity index (χ0v) is 13.6. The SMILES string of the molecule is CC1(C)CN(C(=O)CN2CCOCC2)C[C@@H]1c1ccccc1. The molecular weight excluding hydrogens is 276 g/mol. The van der Waals surface area contributed by atoms with Gasteiger partial charge in [-0.05, 0) is 11.0 Å². The molecule has 1 aromatic rings. The van der Waals surface area contributed by atoms with Crippen LogP contribution in [-0.2, 0) is 9.53 Å². The second-order valence-electron chi connectivity index (χ2n) is 7.11. The molecule has 0 radical (unpaired) electrons. The summed E-state index contributed by atoms with van der Waals surface area (Å²) in [5, 5.41) is 0. The lowest BCUT2D eigenvalue weighted by atomic mass is 9.78. The lowest BCUT2D eigenvalue weighted by molar-refractivity contribution is -0.132. The fourth-order valence-electron chi connectivity index (χ4n) is 3.62. The molecule has 0 bridgehead atoms. The third-order valence-electron chi connectivity index (χ3n) is 4.96. The molecular formula is C18H26N2O2. The fraction of sp³-hybridized carbons (Fsp3) is 0.611. The van der Waals surface area contributed by atoms with Crippen LogP contribution < -0.4 is 0 Å². The van der Waals surface area contributed by atoms with Gasteiger partial charge in [-0.3, -0.25) is 9.69 Å². The molecule has 4 heteroatoms. The number of morpholine rings is 1. The monoisotopic (exact) mass is 302 g/mol. The van der Waals surface area contributed by atoms with Gasteiger partial charge in [0.1, 0.15) is 0 Å². The van der Waals surface area contributed by atoms with Crippen molar-refractivity contribution in [2.75, 3.05) is 45.9 Å². The van der Waals surface area contributed by atoms with Gasteiger partial charge in [0.05, 0.1) is 19.8 Å². The molecule has 120 valence electrons. The average molecular weight is 302 g/mol. The van der Waals surface area contributed by atoms with Crippen LogP contribution in [0.5, 0.6) is 0 Å². The molecule has 0 spiro atoms. The Kier molecular flexibility index (Phi) is 4.50. The van der Waals surface area contributed by atoms with Crippen LogP contribution in [0.2, 0.25) is 0 Å². The Labute approximate surface area is 133 Å². The Hall–Kier alpha value is -1.39. The van der Waals surface area contributed by atoms with Gasteiger partial charge in [-0.2, -0.15) is 0 Å². The van der Waals surface area contributed by atoms with Gasteiger partial charge in [-0.1, -0.05) is 44.2 Å². The summed E-state index contributed by atoms with van der Waals surface area (Å²) in [6.45, 7) is 9.96. The molecule has 2 aliphatic rings. The number of likely N-dealkylation sites (tertiary alicyclic amines) is 1. The van der Waals surface area contributed by atoms with Gasteiger partial charge >= 0.3 is 0 Å². The minimum absolute atomic E-state index is 0.127. The second kappa shape index (κ2) is 6.39. The van der Waals surface area contributed by atoms with Crippen LogP contribution in [-0.4, -0.2) is 61.6 Å². The summed E-state index contributed by atoms with van der Waals surface area (Å²) >= 11 is 0. The molecule has 2 aliphatic heterocycles. The maximum absolute atomic E-state index is 12.6. The first kappa shape index (κ1) is 15.5. The van der Waals surface area contributed by atoms with E-state index in [2.05, 4.69) is 43.0 Å². The maximum atomic E-state index is 12.6. The summed E-state index contributed by atoms with van der Waals surface area (Å²) in [5.41, 5.74) is 1.47. The Morgan fingerprint density at radius 2 is 1.91 bits per heavy atom. The van der Waals surface area contributed by atoms with E-state index in [1.54, 1.807) is 0 Å². The van der Waals surface area contributed by atoms with Crippen molar-refractivity contribution in [3.05, 3.63) is 35.9 Å². The van der Waals surface area contributed by atoms with E-state index in [4.69, 9.17) is 4.74 Å². The number of amides is 1. The van der Waals surface area contributed by atoms with Crippen LogP contribution in [0.4, 0.5) is 0 Å². The molecule has 1 atom stereocenters. The third kappa shape index (κ3) is 3.33. The number of hydrogen-bond acceptors (Lipinski definition) is 3. The van der Waals surface area contributed by atoms with E-state index in [1.807, 2.05) is 11.0 Å². The molecule has 2 heterocycles. The Morgan fingerprint density at radius 3 is 2.59 bits per heavy atom. The van der Waals surface area contributed by atoms with Crippen LogP contribution in [0.25, 0.3) is 0 Å². The largest absolute Gasteiger partial charge is 0.379 e. The van der Waals surface area contributed by atoms with Gasteiger partial charge in [0, 0.05) is 32.1 Å². The Bertz CT molecular complexity index is 509. The quantitative estimate of drug-likeness (QED) is 0.856. The minimum Gasteiger partial charge on any atom is -0.379 e. The number of carbonyl (C=O) groups is 1. The van der Waals surface area contributed by atoms with E-state index in [0.717, 1.165) is 39.4 Å². The summed E-state index contributed by atoms with van der Waals surface area (Å²) in [6.07, 6.45) is 0. The lowest BCUT2D eigenvalue weighted by Gasteiger charge is -2.28. The van der Waals surface area contributed by atoms with Crippen molar-refractivity contribution >= 4 is 5.91 Å². The van der Waals surface area contributed by atoms with E-state index in [1.165, 1.54) is 5.56 Å². The van der Waals surface area contributed by atoms with Crippen molar-refractivity contribution in [3.8, 4) is 0 Å². The molecule has 0 aliphatic carbocycles. The normalized spacial score (nSPS) is 25.4. The third-order valence-corrected chi connectivity index (χ3v) is 4.96. The van der Waals surface area contributed by atoms with Gasteiger partial charge in [-0.25, -0.2) is 0 Å². The van der Waals surface area contributed by atoms with Gasteiger partial charge < -0.3 is 9.64 Å². The predicted octanol–water partition coefficient (Wildman–Crippen LogP) is 1.97. The minimum atomic E-state index is 0.127. The van der Waals surface area contributed by atoms with Crippen molar-refractivity contribution in [3.63, 3.8) is 0 Å². The topological polar surface area (TPSA) is 32.8 Å². The fourth-order valence-corrected chi connectivity index (χ4v) is 3.62. The van der Waals surface area contributed by atoms with Gasteiger partial charge in [0.15, 0.2) is 0 Å². The highest BCUT2D eigenvalue weighted by atomic mass is 16.5. The highest BCUT2D eigenvalue weighted by Crippen LogP contribution is 2.42. The molecule has 1 amide bonds. The molecule has 4 nitrogen and oxygen atoms in total. The van der Waals surface area contributed by atoms with E-state index in [0.29, 0.717) is 12.5 Å². The van der Waals surface area contributed by atoms with Gasteiger partial charge in [0.2, 0.25) is 5.91 Å². The number of benzene rings is 1. The standard InChI is InChI=1S/C18H26N2O2/c1-18(2)14-20(12-16(18)15-6-4-3-5-7-15)17(21)13-19-8-10-22-11-9-19/h3-7,16H,8-14H2,1-2H3/t16-/m1/s1. The van der Waals surface area contributed by atoms with Crippen LogP contribution in [0, 0.1) is 5.41 Å².